The van der Waals surface area contributed by atoms with Gasteiger partial charge in [0.15, 0.2) is 0 Å². The molecule has 2 aromatic carbocycles. The minimum atomic E-state index is 0.470. The van der Waals surface area contributed by atoms with Crippen molar-refractivity contribution in [3.63, 3.8) is 0 Å². The van der Waals surface area contributed by atoms with Crippen LogP contribution in [0.3, 0.4) is 0 Å². The average molecular weight is 483 g/mol. The van der Waals surface area contributed by atoms with Gasteiger partial charge in [0.25, 0.3) is 0 Å². The Morgan fingerprint density at radius 3 is 2.39 bits per heavy atom. The van der Waals surface area contributed by atoms with E-state index in [4.69, 9.17) is 4.74 Å². The van der Waals surface area contributed by atoms with Crippen LogP contribution in [-0.2, 0) is 0 Å². The first-order valence-electron chi connectivity index (χ1n) is 13.2. The highest BCUT2D eigenvalue weighted by molar-refractivity contribution is 5.62. The van der Waals surface area contributed by atoms with Crippen LogP contribution in [0.4, 0.5) is 0 Å². The zero-order valence-electron chi connectivity index (χ0n) is 21.7. The smallest absolute Gasteiger partial charge is 0.119 e. The second-order valence-electron chi connectivity index (χ2n) is 9.75. The summed E-state index contributed by atoms with van der Waals surface area (Å²) < 4.78 is 6.00. The van der Waals surface area contributed by atoms with Gasteiger partial charge in [0, 0.05) is 45.1 Å². The van der Waals surface area contributed by atoms with Crippen molar-refractivity contribution in [2.24, 2.45) is 0 Å². The highest BCUT2D eigenvalue weighted by Gasteiger charge is 2.18. The molecular weight excluding hydrogens is 444 g/mol. The topological polar surface area (TPSA) is 52.4 Å². The third-order valence-corrected chi connectivity index (χ3v) is 7.28. The lowest BCUT2D eigenvalue weighted by atomic mass is 9.88. The third kappa shape index (κ3) is 7.16. The highest BCUT2D eigenvalue weighted by atomic mass is 16.5. The van der Waals surface area contributed by atoms with E-state index in [0.717, 1.165) is 80.1 Å². The summed E-state index contributed by atoms with van der Waals surface area (Å²) in [6.07, 6.45) is 7.07. The normalized spacial score (nSPS) is 15.4. The minimum Gasteiger partial charge on any atom is -0.492 e. The largest absolute Gasteiger partial charge is 0.492 e. The number of ether oxygens (including phenoxy) is 1. The van der Waals surface area contributed by atoms with E-state index in [2.05, 4.69) is 65.0 Å². The number of aryl methyl sites for hydroxylation is 1. The lowest BCUT2D eigenvalue weighted by Crippen LogP contribution is -2.47. The molecule has 5 heteroatoms. The van der Waals surface area contributed by atoms with Crippen LogP contribution in [0.2, 0.25) is 0 Å². The molecule has 1 aliphatic rings. The van der Waals surface area contributed by atoms with E-state index in [1.807, 2.05) is 30.5 Å². The van der Waals surface area contributed by atoms with Gasteiger partial charge in [0.2, 0.25) is 0 Å². The molecule has 1 aliphatic heterocycles. The van der Waals surface area contributed by atoms with Crippen molar-refractivity contribution >= 4 is 0 Å². The molecule has 0 aliphatic carbocycles. The summed E-state index contributed by atoms with van der Waals surface area (Å²) in [5.74, 6) is 1.39. The summed E-state index contributed by atoms with van der Waals surface area (Å²) in [5.41, 5.74) is 5.51. The number of aromatic nitrogens is 1. The number of nitriles is 1. The van der Waals surface area contributed by atoms with Crippen LogP contribution in [-0.4, -0.2) is 60.7 Å². The number of hydrogen-bond donors (Lipinski definition) is 0. The van der Waals surface area contributed by atoms with Gasteiger partial charge in [-0.25, -0.2) is 0 Å². The fraction of sp³-hybridized carbons (Fsp3) is 0.419. The van der Waals surface area contributed by atoms with Crippen LogP contribution in [0, 0.1) is 18.3 Å². The van der Waals surface area contributed by atoms with E-state index in [9.17, 15) is 5.26 Å². The Kier molecular flexibility index (Phi) is 9.49. The van der Waals surface area contributed by atoms with E-state index < -0.39 is 0 Å². The molecular formula is C31H38N4O. The molecule has 0 bridgehead atoms. The second-order valence-corrected chi connectivity index (χ2v) is 9.75. The van der Waals surface area contributed by atoms with Crippen molar-refractivity contribution in [3.05, 3.63) is 83.7 Å². The van der Waals surface area contributed by atoms with Gasteiger partial charge >= 0.3 is 0 Å². The van der Waals surface area contributed by atoms with Crippen molar-refractivity contribution in [2.45, 2.75) is 39.0 Å². The van der Waals surface area contributed by atoms with E-state index in [1.54, 1.807) is 6.20 Å². The molecule has 2 heterocycles. The summed E-state index contributed by atoms with van der Waals surface area (Å²) in [7, 11) is 0. The Labute approximate surface area is 216 Å². The number of piperazine rings is 1. The summed E-state index contributed by atoms with van der Waals surface area (Å²) in [4.78, 5) is 9.27. The minimum absolute atomic E-state index is 0.470. The van der Waals surface area contributed by atoms with E-state index >= 15 is 0 Å². The Balaban J connectivity index is 1.14. The predicted octanol–water partition coefficient (Wildman–Crippen LogP) is 5.90. The lowest BCUT2D eigenvalue weighted by Gasteiger charge is -2.34. The number of benzene rings is 2. The molecule has 1 saturated heterocycles. The second kappa shape index (κ2) is 13.2. The number of pyridine rings is 1. The molecule has 0 radical (unpaired) electrons. The predicted molar refractivity (Wildman–Crippen MR) is 146 cm³/mol. The average Bonchev–Trinajstić information content (AvgIpc) is 2.93. The Bertz CT molecular complexity index is 1120. The van der Waals surface area contributed by atoms with Crippen LogP contribution >= 0.6 is 0 Å². The zero-order valence-corrected chi connectivity index (χ0v) is 21.7. The molecule has 0 saturated carbocycles. The molecule has 188 valence electrons. The van der Waals surface area contributed by atoms with E-state index in [1.165, 1.54) is 12.0 Å². The zero-order chi connectivity index (χ0) is 25.2. The molecule has 0 spiro atoms. The highest BCUT2D eigenvalue weighted by Crippen LogP contribution is 2.28. The standard InChI is InChI=1S/C31H38N4O/c1-3-26(31-13-8-25(2)22-29(31)23-32)7-5-15-34-16-18-35(19-17-34)20-21-36-30-11-9-27(10-12-30)28-6-4-14-33-24-28/h4,6,8-14,22,24,26H,3,5,7,15-21H2,1-2H3. The van der Waals surface area contributed by atoms with Crippen LogP contribution in [0.1, 0.15) is 48.8 Å². The Morgan fingerprint density at radius 2 is 1.72 bits per heavy atom. The van der Waals surface area contributed by atoms with Crippen LogP contribution in [0.15, 0.2) is 67.0 Å². The van der Waals surface area contributed by atoms with Gasteiger partial charge in [-0.15, -0.1) is 0 Å². The lowest BCUT2D eigenvalue weighted by molar-refractivity contribution is 0.115. The fourth-order valence-corrected chi connectivity index (χ4v) is 5.07. The molecule has 3 aromatic rings. The molecule has 1 fully saturated rings. The first kappa shape index (κ1) is 25.9. The molecule has 4 rings (SSSR count). The molecule has 36 heavy (non-hydrogen) atoms. The molecule has 5 nitrogen and oxygen atoms in total. The summed E-state index contributed by atoms with van der Waals surface area (Å²) in [5, 5.41) is 9.55. The molecule has 0 N–H and O–H groups in total. The van der Waals surface area contributed by atoms with Gasteiger partial charge < -0.3 is 9.64 Å². The molecule has 1 atom stereocenters. The van der Waals surface area contributed by atoms with Crippen molar-refractivity contribution in [1.82, 2.24) is 14.8 Å². The van der Waals surface area contributed by atoms with Gasteiger partial charge in [-0.1, -0.05) is 37.3 Å². The first-order chi connectivity index (χ1) is 17.7. The van der Waals surface area contributed by atoms with E-state index in [0.29, 0.717) is 12.5 Å². The summed E-state index contributed by atoms with van der Waals surface area (Å²) >= 11 is 0. The van der Waals surface area contributed by atoms with Crippen molar-refractivity contribution < 1.29 is 4.74 Å². The third-order valence-electron chi connectivity index (χ3n) is 7.28. The van der Waals surface area contributed by atoms with Crippen LogP contribution in [0.25, 0.3) is 11.1 Å². The van der Waals surface area contributed by atoms with Gasteiger partial charge in [-0.3, -0.25) is 9.88 Å². The van der Waals surface area contributed by atoms with Crippen LogP contribution in [0.5, 0.6) is 5.75 Å². The molecule has 0 amide bonds. The number of hydrogen-bond acceptors (Lipinski definition) is 5. The monoisotopic (exact) mass is 482 g/mol. The number of nitrogens with zero attached hydrogens (tertiary/aromatic N) is 4. The maximum Gasteiger partial charge on any atom is 0.119 e. The maximum absolute atomic E-state index is 9.55. The fourth-order valence-electron chi connectivity index (χ4n) is 5.07. The SMILES string of the molecule is CCC(CCCN1CCN(CCOc2ccc(-c3cccnc3)cc2)CC1)c1ccc(C)cc1C#N. The van der Waals surface area contributed by atoms with Gasteiger partial charge in [0.05, 0.1) is 11.6 Å². The van der Waals surface area contributed by atoms with Crippen molar-refractivity contribution in [1.29, 1.82) is 5.26 Å². The summed E-state index contributed by atoms with van der Waals surface area (Å²) in [6.45, 7) is 11.5. The van der Waals surface area contributed by atoms with Crippen molar-refractivity contribution in [3.8, 4) is 22.9 Å². The maximum atomic E-state index is 9.55. The van der Waals surface area contributed by atoms with Gasteiger partial charge in [0.1, 0.15) is 12.4 Å². The Morgan fingerprint density at radius 1 is 0.972 bits per heavy atom. The Hall–Kier alpha value is -3.20. The van der Waals surface area contributed by atoms with Crippen molar-refractivity contribution in [2.75, 3.05) is 45.9 Å². The summed E-state index contributed by atoms with van der Waals surface area (Å²) in [6, 6.07) is 21.0. The number of rotatable bonds is 11. The van der Waals surface area contributed by atoms with Crippen LogP contribution < -0.4 is 4.74 Å². The van der Waals surface area contributed by atoms with Gasteiger partial charge in [-0.2, -0.15) is 5.26 Å². The van der Waals surface area contributed by atoms with E-state index in [-0.39, 0.29) is 0 Å². The molecule has 1 unspecified atom stereocenters. The quantitative estimate of drug-likeness (QED) is 0.341. The first-order valence-corrected chi connectivity index (χ1v) is 13.2. The van der Waals surface area contributed by atoms with Gasteiger partial charge in [-0.05, 0) is 85.2 Å². The molecule has 1 aromatic heterocycles.